The number of benzene rings is 1. The van der Waals surface area contributed by atoms with Gasteiger partial charge in [-0.2, -0.15) is 0 Å². The highest BCUT2D eigenvalue weighted by molar-refractivity contribution is 5.36. The van der Waals surface area contributed by atoms with Crippen molar-refractivity contribution in [3.8, 4) is 5.69 Å². The van der Waals surface area contributed by atoms with Gasteiger partial charge in [-0.05, 0) is 31.0 Å². The second-order valence-electron chi connectivity index (χ2n) is 5.58. The molecule has 1 atom stereocenters. The molecule has 114 valence electrons. The van der Waals surface area contributed by atoms with Gasteiger partial charge in [0.05, 0.1) is 18.6 Å². The van der Waals surface area contributed by atoms with Crippen LogP contribution < -0.4 is 5.32 Å². The van der Waals surface area contributed by atoms with E-state index in [0.717, 1.165) is 18.4 Å². The van der Waals surface area contributed by atoms with Gasteiger partial charge in [0.2, 0.25) is 0 Å². The molecule has 0 fully saturated rings. The molecular weight excluding hydrogens is 269 g/mol. The maximum Gasteiger partial charge on any atom is 0.147 e. The lowest BCUT2D eigenvalue weighted by molar-refractivity contribution is 0.163. The molecule has 0 aliphatic heterocycles. The van der Waals surface area contributed by atoms with Crippen molar-refractivity contribution in [3.05, 3.63) is 48.3 Å². The molecule has 0 radical (unpaired) electrons. The minimum absolute atomic E-state index is 0.0659. The first-order valence-electron chi connectivity index (χ1n) is 7.20. The Balaban J connectivity index is 2.07. The average Bonchev–Trinajstić information content (AvgIpc) is 2.99. The number of hydrogen-bond acceptors (Lipinski definition) is 3. The van der Waals surface area contributed by atoms with Crippen LogP contribution in [-0.2, 0) is 6.54 Å². The maximum absolute atomic E-state index is 14.1. The Hall–Kier alpha value is -1.72. The zero-order valence-electron chi connectivity index (χ0n) is 12.5. The monoisotopic (exact) mass is 291 g/mol. The third-order valence-electron chi connectivity index (χ3n) is 3.66. The van der Waals surface area contributed by atoms with E-state index in [2.05, 4.69) is 17.2 Å². The van der Waals surface area contributed by atoms with Gasteiger partial charge in [-0.25, -0.2) is 9.37 Å². The summed E-state index contributed by atoms with van der Waals surface area (Å²) in [5.41, 5.74) is 1.01. The second kappa shape index (κ2) is 6.83. The van der Waals surface area contributed by atoms with Crippen LogP contribution in [0.25, 0.3) is 5.69 Å². The predicted molar refractivity (Wildman–Crippen MR) is 80.8 cm³/mol. The summed E-state index contributed by atoms with van der Waals surface area (Å²) in [4.78, 5) is 3.92. The van der Waals surface area contributed by atoms with E-state index in [9.17, 15) is 9.50 Å². The van der Waals surface area contributed by atoms with Crippen molar-refractivity contribution in [2.75, 3.05) is 6.61 Å². The number of aliphatic hydroxyl groups excluding tert-OH is 1. The summed E-state index contributed by atoms with van der Waals surface area (Å²) in [5, 5.41) is 12.8. The van der Waals surface area contributed by atoms with Crippen LogP contribution in [0.15, 0.2) is 36.9 Å². The van der Waals surface area contributed by atoms with Crippen LogP contribution in [0.2, 0.25) is 0 Å². The molecule has 5 heteroatoms. The first kappa shape index (κ1) is 15.7. The molecule has 1 unspecified atom stereocenters. The Morgan fingerprint density at radius 3 is 2.81 bits per heavy atom. The molecular formula is C16H22FN3O. The topological polar surface area (TPSA) is 50.1 Å². The number of rotatable bonds is 7. The molecule has 0 saturated carbocycles. The van der Waals surface area contributed by atoms with Gasteiger partial charge in [0.25, 0.3) is 0 Å². The molecule has 0 saturated heterocycles. The maximum atomic E-state index is 14.1. The van der Waals surface area contributed by atoms with Crippen LogP contribution >= 0.6 is 0 Å². The molecule has 2 N–H and O–H groups in total. The van der Waals surface area contributed by atoms with Crippen LogP contribution in [0.1, 0.15) is 32.3 Å². The van der Waals surface area contributed by atoms with Crippen molar-refractivity contribution in [1.82, 2.24) is 14.9 Å². The Labute approximate surface area is 124 Å². The van der Waals surface area contributed by atoms with Crippen molar-refractivity contribution in [2.45, 2.75) is 38.8 Å². The first-order chi connectivity index (χ1) is 10.1. The summed E-state index contributed by atoms with van der Waals surface area (Å²) < 4.78 is 15.8. The fourth-order valence-electron chi connectivity index (χ4n) is 2.36. The van der Waals surface area contributed by atoms with Gasteiger partial charge in [0.15, 0.2) is 0 Å². The average molecular weight is 291 g/mol. The first-order valence-corrected chi connectivity index (χ1v) is 7.20. The number of nitrogens with one attached hydrogen (secondary N) is 1. The van der Waals surface area contributed by atoms with E-state index in [4.69, 9.17) is 0 Å². The SMILES string of the molecule is CCCC(C)(CO)NCc1ccc(-n2ccnc2)c(F)c1. The summed E-state index contributed by atoms with van der Waals surface area (Å²) in [5.74, 6) is -0.284. The highest BCUT2D eigenvalue weighted by atomic mass is 19.1. The summed E-state index contributed by atoms with van der Waals surface area (Å²) in [7, 11) is 0. The van der Waals surface area contributed by atoms with E-state index in [1.807, 2.05) is 13.0 Å². The van der Waals surface area contributed by atoms with Crippen LogP contribution in [0, 0.1) is 5.82 Å². The van der Waals surface area contributed by atoms with Crippen molar-refractivity contribution in [1.29, 1.82) is 0 Å². The minimum Gasteiger partial charge on any atom is -0.394 e. The number of hydrogen-bond donors (Lipinski definition) is 2. The van der Waals surface area contributed by atoms with Crippen LogP contribution in [0.5, 0.6) is 0 Å². The molecule has 1 heterocycles. The molecule has 2 aromatic rings. The van der Waals surface area contributed by atoms with Crippen molar-refractivity contribution in [3.63, 3.8) is 0 Å². The van der Waals surface area contributed by atoms with Gasteiger partial charge >= 0.3 is 0 Å². The van der Waals surface area contributed by atoms with E-state index >= 15 is 0 Å². The molecule has 0 aliphatic carbocycles. The standard InChI is InChI=1S/C16H22FN3O/c1-3-6-16(2,11-21)19-10-13-4-5-15(14(17)9-13)20-8-7-18-12-20/h4-5,7-9,12,19,21H,3,6,10-11H2,1-2H3. The Bertz CT molecular complexity index is 571. The fraction of sp³-hybridized carbons (Fsp3) is 0.438. The van der Waals surface area contributed by atoms with Crippen molar-refractivity contribution >= 4 is 0 Å². The molecule has 0 spiro atoms. The zero-order chi connectivity index (χ0) is 15.3. The molecule has 0 aliphatic rings. The molecule has 21 heavy (non-hydrogen) atoms. The lowest BCUT2D eigenvalue weighted by Gasteiger charge is -2.28. The van der Waals surface area contributed by atoms with Gasteiger partial charge < -0.3 is 15.0 Å². The van der Waals surface area contributed by atoms with E-state index in [1.54, 1.807) is 29.4 Å². The van der Waals surface area contributed by atoms with E-state index in [0.29, 0.717) is 12.2 Å². The number of aromatic nitrogens is 2. The Kier molecular flexibility index (Phi) is 5.09. The van der Waals surface area contributed by atoms with Crippen LogP contribution in [0.4, 0.5) is 4.39 Å². The van der Waals surface area contributed by atoms with E-state index in [1.165, 1.54) is 6.07 Å². The summed E-state index contributed by atoms with van der Waals surface area (Å²) in [6, 6.07) is 5.14. The molecule has 2 rings (SSSR count). The van der Waals surface area contributed by atoms with E-state index in [-0.39, 0.29) is 18.0 Å². The summed E-state index contributed by atoms with van der Waals surface area (Å²) in [6.07, 6.45) is 6.75. The molecule has 0 amide bonds. The highest BCUT2D eigenvalue weighted by Crippen LogP contribution is 2.17. The summed E-state index contributed by atoms with van der Waals surface area (Å²) in [6.45, 7) is 4.65. The Morgan fingerprint density at radius 1 is 1.43 bits per heavy atom. The summed E-state index contributed by atoms with van der Waals surface area (Å²) >= 11 is 0. The third-order valence-corrected chi connectivity index (χ3v) is 3.66. The molecule has 4 nitrogen and oxygen atoms in total. The molecule has 1 aromatic heterocycles. The lowest BCUT2D eigenvalue weighted by atomic mass is 9.97. The third kappa shape index (κ3) is 3.89. The predicted octanol–water partition coefficient (Wildman–Crippen LogP) is 2.65. The van der Waals surface area contributed by atoms with Crippen molar-refractivity contribution in [2.24, 2.45) is 0 Å². The van der Waals surface area contributed by atoms with Crippen molar-refractivity contribution < 1.29 is 9.50 Å². The lowest BCUT2D eigenvalue weighted by Crippen LogP contribution is -2.45. The number of aliphatic hydroxyl groups is 1. The van der Waals surface area contributed by atoms with Gasteiger partial charge in [-0.3, -0.25) is 0 Å². The van der Waals surface area contributed by atoms with Gasteiger partial charge in [-0.15, -0.1) is 0 Å². The largest absolute Gasteiger partial charge is 0.394 e. The zero-order valence-corrected chi connectivity index (χ0v) is 12.5. The van der Waals surface area contributed by atoms with Gasteiger partial charge in [0.1, 0.15) is 5.82 Å². The molecule has 0 bridgehead atoms. The number of imidazole rings is 1. The van der Waals surface area contributed by atoms with Gasteiger partial charge in [0, 0.05) is 24.5 Å². The van der Waals surface area contributed by atoms with Gasteiger partial charge in [-0.1, -0.05) is 19.4 Å². The highest BCUT2D eigenvalue weighted by Gasteiger charge is 2.21. The second-order valence-corrected chi connectivity index (χ2v) is 5.58. The Morgan fingerprint density at radius 2 is 2.24 bits per heavy atom. The quantitative estimate of drug-likeness (QED) is 0.824. The molecule has 1 aromatic carbocycles. The number of halogens is 1. The minimum atomic E-state index is -0.325. The fourth-order valence-corrected chi connectivity index (χ4v) is 2.36. The van der Waals surface area contributed by atoms with Crippen LogP contribution in [-0.4, -0.2) is 26.8 Å². The number of nitrogens with zero attached hydrogens (tertiary/aromatic N) is 2. The van der Waals surface area contributed by atoms with E-state index < -0.39 is 0 Å². The van der Waals surface area contributed by atoms with Crippen LogP contribution in [0.3, 0.4) is 0 Å². The normalized spacial score (nSPS) is 14.1. The smallest absolute Gasteiger partial charge is 0.147 e.